The number of amides is 1. The molecular weight excluding hydrogens is 444 g/mol. The van der Waals surface area contributed by atoms with Crippen LogP contribution < -0.4 is 14.3 Å². The van der Waals surface area contributed by atoms with Crippen LogP contribution in [0, 0.1) is 6.92 Å². The Hall–Kier alpha value is -2.40. The average molecular weight is 465 g/mol. The molecule has 10 heteroatoms. The first kappa shape index (κ1) is 22.3. The number of benzene rings is 2. The summed E-state index contributed by atoms with van der Waals surface area (Å²) in [5.41, 5.74) is 1.62. The maximum atomic E-state index is 12.8. The van der Waals surface area contributed by atoms with Crippen LogP contribution in [0.4, 0.5) is 0 Å². The first-order chi connectivity index (χ1) is 14.2. The standard InChI is InChI=1S/C20H20N2O5S3/c1-4-27-16-10-7-14(11-17(16)26-3)12-18-19(23)22(20(28)29-18)21-30(24,25)15-8-5-13(2)6-9-15/h5-12,21H,4H2,1-3H3. The minimum Gasteiger partial charge on any atom is -0.493 e. The molecule has 2 aromatic rings. The van der Waals surface area contributed by atoms with Gasteiger partial charge in [-0.3, -0.25) is 4.79 Å². The predicted molar refractivity (Wildman–Crippen MR) is 121 cm³/mol. The summed E-state index contributed by atoms with van der Waals surface area (Å²) in [6, 6.07) is 11.5. The summed E-state index contributed by atoms with van der Waals surface area (Å²) in [7, 11) is -2.43. The van der Waals surface area contributed by atoms with Gasteiger partial charge in [-0.15, -0.1) is 4.83 Å². The van der Waals surface area contributed by atoms with Gasteiger partial charge >= 0.3 is 0 Å². The molecule has 0 saturated carbocycles. The molecule has 0 spiro atoms. The zero-order valence-corrected chi connectivity index (χ0v) is 19.0. The van der Waals surface area contributed by atoms with Crippen LogP contribution in [-0.4, -0.2) is 37.4 Å². The second kappa shape index (κ2) is 9.17. The van der Waals surface area contributed by atoms with E-state index in [0.29, 0.717) is 23.7 Å². The van der Waals surface area contributed by atoms with E-state index in [2.05, 4.69) is 4.83 Å². The third kappa shape index (κ3) is 4.84. The van der Waals surface area contributed by atoms with Gasteiger partial charge in [0.15, 0.2) is 15.8 Å². The molecule has 2 aromatic carbocycles. The molecule has 1 N–H and O–H groups in total. The molecule has 1 aliphatic heterocycles. The van der Waals surface area contributed by atoms with Crippen LogP contribution in [-0.2, 0) is 14.8 Å². The number of thioether (sulfide) groups is 1. The van der Waals surface area contributed by atoms with E-state index in [1.54, 1.807) is 36.4 Å². The summed E-state index contributed by atoms with van der Waals surface area (Å²) >= 11 is 6.22. The number of nitrogens with one attached hydrogen (secondary N) is 1. The van der Waals surface area contributed by atoms with Gasteiger partial charge in [0.25, 0.3) is 15.9 Å². The van der Waals surface area contributed by atoms with Gasteiger partial charge in [-0.2, -0.15) is 0 Å². The van der Waals surface area contributed by atoms with Gasteiger partial charge < -0.3 is 9.47 Å². The fourth-order valence-electron chi connectivity index (χ4n) is 2.64. The van der Waals surface area contributed by atoms with Gasteiger partial charge in [-0.1, -0.05) is 47.7 Å². The van der Waals surface area contributed by atoms with Gasteiger partial charge in [-0.05, 0) is 49.8 Å². The van der Waals surface area contributed by atoms with Gasteiger partial charge in [0.2, 0.25) is 0 Å². The first-order valence-corrected chi connectivity index (χ1v) is 11.6. The minimum absolute atomic E-state index is 0.0439. The lowest BCUT2D eigenvalue weighted by atomic mass is 10.2. The quantitative estimate of drug-likeness (QED) is 0.496. The van der Waals surface area contributed by atoms with Crippen LogP contribution in [0.1, 0.15) is 18.1 Å². The SMILES string of the molecule is CCOc1ccc(C=C2SC(=S)N(NS(=O)(=O)c3ccc(C)cc3)C2=O)cc1OC. The summed E-state index contributed by atoms with van der Waals surface area (Å²) in [6.07, 6.45) is 1.62. The molecule has 0 radical (unpaired) electrons. The van der Waals surface area contributed by atoms with E-state index in [4.69, 9.17) is 21.7 Å². The highest BCUT2D eigenvalue weighted by Gasteiger charge is 2.35. The monoisotopic (exact) mass is 464 g/mol. The Morgan fingerprint density at radius 1 is 1.17 bits per heavy atom. The number of thiocarbonyl (C=S) groups is 1. The molecule has 1 amide bonds. The van der Waals surface area contributed by atoms with Crippen LogP contribution in [0.15, 0.2) is 52.3 Å². The second-order valence-electron chi connectivity index (χ2n) is 6.27. The molecule has 1 saturated heterocycles. The number of methoxy groups -OCH3 is 1. The van der Waals surface area contributed by atoms with E-state index in [0.717, 1.165) is 22.3 Å². The number of aryl methyl sites for hydroxylation is 1. The molecule has 30 heavy (non-hydrogen) atoms. The van der Waals surface area contributed by atoms with Gasteiger partial charge in [0.1, 0.15) is 0 Å². The fourth-order valence-corrected chi connectivity index (χ4v) is 4.95. The molecule has 0 aliphatic carbocycles. The van der Waals surface area contributed by atoms with Crippen molar-refractivity contribution in [2.75, 3.05) is 13.7 Å². The molecule has 3 rings (SSSR count). The zero-order chi connectivity index (χ0) is 21.9. The highest BCUT2D eigenvalue weighted by Crippen LogP contribution is 2.34. The summed E-state index contributed by atoms with van der Waals surface area (Å²) in [6.45, 7) is 4.22. The van der Waals surface area contributed by atoms with Gasteiger partial charge in [-0.25, -0.2) is 13.4 Å². The number of sulfonamides is 1. The van der Waals surface area contributed by atoms with Gasteiger partial charge in [0, 0.05) is 0 Å². The predicted octanol–water partition coefficient (Wildman–Crippen LogP) is 3.50. The third-order valence-electron chi connectivity index (χ3n) is 4.12. The molecule has 0 bridgehead atoms. The summed E-state index contributed by atoms with van der Waals surface area (Å²) in [5.74, 6) is 0.574. The normalized spacial score (nSPS) is 15.7. The molecule has 1 fully saturated rings. The van der Waals surface area contributed by atoms with E-state index in [-0.39, 0.29) is 14.1 Å². The summed E-state index contributed by atoms with van der Waals surface area (Å²) in [5, 5.41) is 0.868. The largest absolute Gasteiger partial charge is 0.493 e. The van der Waals surface area contributed by atoms with Crippen LogP contribution in [0.3, 0.4) is 0 Å². The van der Waals surface area contributed by atoms with Crippen LogP contribution in [0.25, 0.3) is 6.08 Å². The third-order valence-corrected chi connectivity index (χ3v) is 6.74. The number of nitrogens with zero attached hydrogens (tertiary/aromatic N) is 1. The van der Waals surface area contributed by atoms with Crippen molar-refractivity contribution in [3.05, 3.63) is 58.5 Å². The van der Waals surface area contributed by atoms with Gasteiger partial charge in [0.05, 0.1) is 23.5 Å². The number of ether oxygens (including phenoxy) is 2. The topological polar surface area (TPSA) is 84.9 Å². The van der Waals surface area contributed by atoms with Crippen molar-refractivity contribution < 1.29 is 22.7 Å². The number of carbonyl (C=O) groups excluding carboxylic acids is 1. The maximum absolute atomic E-state index is 12.8. The van der Waals surface area contributed by atoms with E-state index < -0.39 is 15.9 Å². The molecule has 0 aromatic heterocycles. The highest BCUT2D eigenvalue weighted by molar-refractivity contribution is 8.26. The van der Waals surface area contributed by atoms with Crippen molar-refractivity contribution in [3.63, 3.8) is 0 Å². The number of hydrogen-bond donors (Lipinski definition) is 1. The summed E-state index contributed by atoms with van der Waals surface area (Å²) < 4.78 is 36.1. The smallest absolute Gasteiger partial charge is 0.281 e. The molecule has 7 nitrogen and oxygen atoms in total. The minimum atomic E-state index is -3.95. The van der Waals surface area contributed by atoms with Crippen molar-refractivity contribution in [2.24, 2.45) is 0 Å². The van der Waals surface area contributed by atoms with Crippen molar-refractivity contribution >= 4 is 50.3 Å². The van der Waals surface area contributed by atoms with Crippen molar-refractivity contribution in [3.8, 4) is 11.5 Å². The van der Waals surface area contributed by atoms with E-state index >= 15 is 0 Å². The Morgan fingerprint density at radius 3 is 2.50 bits per heavy atom. The van der Waals surface area contributed by atoms with Crippen molar-refractivity contribution in [1.82, 2.24) is 9.84 Å². The Balaban J connectivity index is 1.83. The molecule has 0 unspecified atom stereocenters. The summed E-state index contributed by atoms with van der Waals surface area (Å²) in [4.78, 5) is 15.4. The van der Waals surface area contributed by atoms with Crippen molar-refractivity contribution in [1.29, 1.82) is 0 Å². The second-order valence-corrected chi connectivity index (χ2v) is 9.60. The van der Waals surface area contributed by atoms with Crippen LogP contribution >= 0.6 is 24.0 Å². The maximum Gasteiger partial charge on any atom is 0.281 e. The van der Waals surface area contributed by atoms with Crippen molar-refractivity contribution in [2.45, 2.75) is 18.7 Å². The van der Waals surface area contributed by atoms with Crippen LogP contribution in [0.2, 0.25) is 0 Å². The lowest BCUT2D eigenvalue weighted by Gasteiger charge is -2.16. The average Bonchev–Trinajstić information content (AvgIpc) is 2.96. The number of carbonyl (C=O) groups is 1. The molecule has 158 valence electrons. The Bertz CT molecular complexity index is 1110. The Kier molecular flexibility index (Phi) is 6.81. The van der Waals surface area contributed by atoms with Crippen LogP contribution in [0.5, 0.6) is 11.5 Å². The highest BCUT2D eigenvalue weighted by atomic mass is 32.2. The Labute approximate surface area is 185 Å². The Morgan fingerprint density at radius 2 is 1.87 bits per heavy atom. The fraction of sp³-hybridized carbons (Fsp3) is 0.200. The molecule has 1 aliphatic rings. The van der Waals surface area contributed by atoms with E-state index in [9.17, 15) is 13.2 Å². The number of hydrogen-bond acceptors (Lipinski definition) is 7. The lowest BCUT2D eigenvalue weighted by Crippen LogP contribution is -2.44. The molecular formula is C20H20N2O5S3. The number of hydrazine groups is 1. The first-order valence-electron chi connectivity index (χ1n) is 8.93. The van der Waals surface area contributed by atoms with E-state index in [1.807, 2.05) is 13.8 Å². The zero-order valence-electron chi connectivity index (χ0n) is 16.5. The lowest BCUT2D eigenvalue weighted by molar-refractivity contribution is -0.123. The molecule has 1 heterocycles. The number of rotatable bonds is 7. The molecule has 0 atom stereocenters. The van der Waals surface area contributed by atoms with E-state index in [1.165, 1.54) is 19.2 Å².